The molecule has 0 fully saturated rings. The highest BCUT2D eigenvalue weighted by atomic mass is 16.4. The van der Waals surface area contributed by atoms with E-state index in [1.165, 1.54) is 5.56 Å². The van der Waals surface area contributed by atoms with E-state index < -0.39 is 5.97 Å². The molecule has 2 aromatic heterocycles. The highest BCUT2D eigenvalue weighted by molar-refractivity contribution is 5.90. The molecule has 200 valence electrons. The summed E-state index contributed by atoms with van der Waals surface area (Å²) in [4.78, 5) is 35.8. The molecular weight excluding hydrogens is 492 g/mol. The Hall–Kier alpha value is -4.14. The minimum atomic E-state index is -0.861. The smallest absolute Gasteiger partial charge is 0.304 e. The van der Waals surface area contributed by atoms with E-state index in [1.54, 1.807) is 17.3 Å². The Morgan fingerprint density at radius 3 is 2.64 bits per heavy atom. The van der Waals surface area contributed by atoms with Crippen LogP contribution in [0.1, 0.15) is 82.0 Å². The number of amides is 1. The van der Waals surface area contributed by atoms with E-state index in [1.807, 2.05) is 29.8 Å². The Kier molecular flexibility index (Phi) is 6.81. The molecule has 0 saturated heterocycles. The average molecular weight is 525 g/mol. The molecule has 0 radical (unpaired) electrons. The van der Waals surface area contributed by atoms with E-state index in [-0.39, 0.29) is 24.1 Å². The summed E-state index contributed by atoms with van der Waals surface area (Å²) in [7, 11) is 0. The first-order valence-corrected chi connectivity index (χ1v) is 13.7. The maximum absolute atomic E-state index is 13.3. The van der Waals surface area contributed by atoms with Crippen LogP contribution in [0.15, 0.2) is 42.7 Å². The van der Waals surface area contributed by atoms with Gasteiger partial charge in [0.2, 0.25) is 5.82 Å². The monoisotopic (exact) mass is 524 g/mol. The fourth-order valence-electron chi connectivity index (χ4n) is 5.95. The van der Waals surface area contributed by atoms with Crippen LogP contribution in [0.5, 0.6) is 0 Å². The van der Waals surface area contributed by atoms with Gasteiger partial charge in [0.15, 0.2) is 0 Å². The van der Waals surface area contributed by atoms with Gasteiger partial charge < -0.3 is 10.0 Å². The van der Waals surface area contributed by atoms with Crippen molar-refractivity contribution in [1.82, 2.24) is 29.9 Å². The zero-order chi connectivity index (χ0) is 26.9. The third kappa shape index (κ3) is 5.01. The lowest BCUT2D eigenvalue weighted by atomic mass is 9.83. The second kappa shape index (κ2) is 10.6. The fraction of sp³-hybridized carbons (Fsp3) is 0.400. The van der Waals surface area contributed by atoms with Crippen LogP contribution in [0.3, 0.4) is 0 Å². The van der Waals surface area contributed by atoms with Crippen molar-refractivity contribution in [2.45, 2.75) is 70.9 Å². The van der Waals surface area contributed by atoms with E-state index in [4.69, 9.17) is 0 Å². The van der Waals surface area contributed by atoms with Gasteiger partial charge in [0, 0.05) is 37.9 Å². The van der Waals surface area contributed by atoms with Crippen molar-refractivity contribution in [3.63, 3.8) is 0 Å². The van der Waals surface area contributed by atoms with Crippen LogP contribution in [0.25, 0.3) is 11.0 Å². The Bertz CT molecular complexity index is 1540. The van der Waals surface area contributed by atoms with Crippen molar-refractivity contribution in [2.24, 2.45) is 0 Å². The molecule has 0 aliphatic carbocycles. The summed E-state index contributed by atoms with van der Waals surface area (Å²) < 4.78 is 1.96. The van der Waals surface area contributed by atoms with E-state index in [0.29, 0.717) is 13.1 Å². The second-order valence-electron chi connectivity index (χ2n) is 10.7. The minimum Gasteiger partial charge on any atom is -0.481 e. The van der Waals surface area contributed by atoms with E-state index >= 15 is 0 Å². The maximum atomic E-state index is 13.3. The Balaban J connectivity index is 1.41. The largest absolute Gasteiger partial charge is 0.481 e. The van der Waals surface area contributed by atoms with Gasteiger partial charge in [-0.3, -0.25) is 9.59 Å². The summed E-state index contributed by atoms with van der Waals surface area (Å²) in [6.07, 6.45) is 9.32. The molecule has 1 unspecified atom stereocenters. The summed E-state index contributed by atoms with van der Waals surface area (Å²) in [5.74, 6) is -1.16. The normalized spacial score (nSPS) is 18.0. The van der Waals surface area contributed by atoms with Crippen LogP contribution in [0, 0.1) is 6.92 Å². The molecule has 9 bridgehead atoms. The fourth-order valence-corrected chi connectivity index (χ4v) is 5.95. The van der Waals surface area contributed by atoms with Gasteiger partial charge in [-0.2, -0.15) is 0 Å². The number of carbonyl (C=O) groups excluding carboxylic acids is 1. The predicted octanol–water partition coefficient (Wildman–Crippen LogP) is 4.45. The molecular formula is C30H32N6O3. The van der Waals surface area contributed by atoms with Gasteiger partial charge in [-0.1, -0.05) is 42.3 Å². The Morgan fingerprint density at radius 2 is 1.82 bits per heavy atom. The number of aliphatic carboxylic acids is 1. The lowest BCUT2D eigenvalue weighted by molar-refractivity contribution is -0.137. The molecule has 2 aromatic carbocycles. The van der Waals surface area contributed by atoms with Crippen LogP contribution in [-0.4, -0.2) is 53.4 Å². The number of carboxylic acid groups (broad SMARTS) is 1. The van der Waals surface area contributed by atoms with Crippen LogP contribution < -0.4 is 0 Å². The molecule has 1 N–H and O–H groups in total. The molecule has 1 atom stereocenters. The molecule has 7 heterocycles. The van der Waals surface area contributed by atoms with Crippen LogP contribution >= 0.6 is 0 Å². The van der Waals surface area contributed by atoms with Crippen molar-refractivity contribution in [1.29, 1.82) is 0 Å². The number of rotatable bonds is 2. The summed E-state index contributed by atoms with van der Waals surface area (Å²) in [5, 5.41) is 18.8. The first-order chi connectivity index (χ1) is 19.0. The average Bonchev–Trinajstić information content (AvgIpc) is 3.36. The van der Waals surface area contributed by atoms with E-state index in [9.17, 15) is 14.7 Å². The molecule has 4 aromatic rings. The summed E-state index contributed by atoms with van der Waals surface area (Å²) in [6.45, 7) is 3.84. The number of hydrogen-bond donors (Lipinski definition) is 1. The van der Waals surface area contributed by atoms with Gasteiger partial charge >= 0.3 is 5.97 Å². The zero-order valence-corrected chi connectivity index (χ0v) is 22.1. The lowest BCUT2D eigenvalue weighted by Crippen LogP contribution is -2.37. The molecule has 1 amide bonds. The van der Waals surface area contributed by atoms with Crippen molar-refractivity contribution in [2.75, 3.05) is 6.54 Å². The molecule has 5 aliphatic heterocycles. The number of nitrogens with zero attached hydrogens (tertiary/aromatic N) is 6. The lowest BCUT2D eigenvalue weighted by Gasteiger charge is -2.29. The minimum absolute atomic E-state index is 0.0396. The first kappa shape index (κ1) is 25.2. The number of hydrogen-bond acceptors (Lipinski definition) is 6. The highest BCUT2D eigenvalue weighted by Gasteiger charge is 2.27. The predicted molar refractivity (Wildman–Crippen MR) is 145 cm³/mol. The molecule has 9 nitrogen and oxygen atoms in total. The quantitative estimate of drug-likeness (QED) is 0.412. The summed E-state index contributed by atoms with van der Waals surface area (Å²) >= 11 is 0. The van der Waals surface area contributed by atoms with Crippen molar-refractivity contribution in [3.8, 4) is 0 Å². The van der Waals surface area contributed by atoms with E-state index in [2.05, 4.69) is 32.4 Å². The standard InChI is InChI=1S/C30H32N6O3/c1-19-24-9-10-26-28(19)33-34-36(26)12-5-3-2-4-6-20-16-31-29(32-17-20)30(39)35-13-11-21-7-8-22(14-23(21)18-35)25(24)15-27(37)38/h7-10,14,16-17,25H,2-6,11-13,15,18H2,1H3,(H,37,38). The maximum Gasteiger partial charge on any atom is 0.304 e. The van der Waals surface area contributed by atoms with Gasteiger partial charge in [-0.25, -0.2) is 14.6 Å². The summed E-state index contributed by atoms with van der Waals surface area (Å²) in [6, 6.07) is 10.2. The van der Waals surface area contributed by atoms with Crippen LogP contribution in [0.2, 0.25) is 0 Å². The van der Waals surface area contributed by atoms with Crippen molar-refractivity contribution >= 4 is 22.9 Å². The number of carbonyl (C=O) groups is 2. The Labute approximate surface area is 226 Å². The SMILES string of the molecule is Cc1c2ccc3c1nnn3CCCCCCc1cnc(nc1)C(=O)N1CCc3ccc(cc3C1)C2CC(=O)O. The number of aromatic nitrogens is 5. The van der Waals surface area contributed by atoms with Gasteiger partial charge in [0.25, 0.3) is 5.91 Å². The number of carboxylic acids is 1. The van der Waals surface area contributed by atoms with Crippen molar-refractivity contribution in [3.05, 3.63) is 81.9 Å². The van der Waals surface area contributed by atoms with Gasteiger partial charge in [-0.15, -0.1) is 5.10 Å². The van der Waals surface area contributed by atoms with Gasteiger partial charge in [-0.05, 0) is 72.1 Å². The molecule has 9 heteroatoms. The van der Waals surface area contributed by atoms with E-state index in [0.717, 1.165) is 83.9 Å². The third-order valence-electron chi connectivity index (χ3n) is 8.15. The van der Waals surface area contributed by atoms with Gasteiger partial charge in [0.1, 0.15) is 5.52 Å². The Morgan fingerprint density at radius 1 is 1.00 bits per heavy atom. The van der Waals surface area contributed by atoms with Crippen LogP contribution in [0.4, 0.5) is 0 Å². The zero-order valence-electron chi connectivity index (χ0n) is 22.1. The second-order valence-corrected chi connectivity index (χ2v) is 10.7. The molecule has 0 saturated carbocycles. The van der Waals surface area contributed by atoms with Crippen molar-refractivity contribution < 1.29 is 14.7 Å². The first-order valence-electron chi connectivity index (χ1n) is 13.7. The molecule has 9 rings (SSSR count). The molecule has 5 aliphatic rings. The third-order valence-corrected chi connectivity index (χ3v) is 8.15. The highest BCUT2D eigenvalue weighted by Crippen LogP contribution is 2.35. The van der Waals surface area contributed by atoms with Gasteiger partial charge in [0.05, 0.1) is 11.9 Å². The van der Waals surface area contributed by atoms with Crippen LogP contribution in [-0.2, 0) is 30.7 Å². The summed E-state index contributed by atoms with van der Waals surface area (Å²) in [5.41, 5.74) is 7.87. The molecule has 0 spiro atoms. The topological polar surface area (TPSA) is 114 Å². The number of aryl methyl sites for hydroxylation is 3. The molecule has 39 heavy (non-hydrogen) atoms. The number of benzene rings is 2.